The molecule has 0 bridgehead atoms. The van der Waals surface area contributed by atoms with Crippen LogP contribution in [-0.2, 0) is 0 Å². The zero-order valence-corrected chi connectivity index (χ0v) is 27.6. The third-order valence-corrected chi connectivity index (χ3v) is 9.92. The van der Waals surface area contributed by atoms with Gasteiger partial charge in [-0.15, -0.1) is 0 Å². The first kappa shape index (κ1) is 29.0. The van der Waals surface area contributed by atoms with E-state index >= 15 is 0 Å². The van der Waals surface area contributed by atoms with Crippen LogP contribution in [0.25, 0.3) is 94.1 Å². The number of benzene rings is 7. The lowest BCUT2D eigenvalue weighted by molar-refractivity contribution is 1.17. The van der Waals surface area contributed by atoms with Gasteiger partial charge in [-0.1, -0.05) is 127 Å². The van der Waals surface area contributed by atoms with Gasteiger partial charge < -0.3 is 4.57 Å². The van der Waals surface area contributed by atoms with Crippen LogP contribution in [0.15, 0.2) is 182 Å². The molecule has 10 rings (SSSR count). The molecular weight excluding hydrogens is 621 g/mol. The third-order valence-electron chi connectivity index (χ3n) is 9.92. The summed E-state index contributed by atoms with van der Waals surface area (Å²) in [5, 5.41) is 7.14. The van der Waals surface area contributed by atoms with Crippen molar-refractivity contribution in [2.45, 2.75) is 0 Å². The molecule has 4 heteroatoms. The van der Waals surface area contributed by atoms with E-state index in [1.807, 2.05) is 30.6 Å². The molecule has 0 radical (unpaired) electrons. The second-order valence-corrected chi connectivity index (χ2v) is 12.8. The maximum absolute atomic E-state index is 5.30. The Bertz CT molecular complexity index is 2780. The quantitative estimate of drug-likeness (QED) is 0.174. The Hall–Kier alpha value is -6.91. The van der Waals surface area contributed by atoms with E-state index < -0.39 is 0 Å². The van der Waals surface area contributed by atoms with Gasteiger partial charge in [0.1, 0.15) is 0 Å². The number of rotatable bonds is 5. The van der Waals surface area contributed by atoms with Crippen molar-refractivity contribution in [3.05, 3.63) is 182 Å². The Kier molecular flexibility index (Phi) is 6.78. The highest BCUT2D eigenvalue weighted by atomic mass is 15.0. The normalized spacial score (nSPS) is 11.5. The van der Waals surface area contributed by atoms with Gasteiger partial charge in [0.15, 0.2) is 5.82 Å². The summed E-state index contributed by atoms with van der Waals surface area (Å²) >= 11 is 0. The van der Waals surface area contributed by atoms with Gasteiger partial charge in [0.25, 0.3) is 0 Å². The van der Waals surface area contributed by atoms with Crippen molar-refractivity contribution in [1.29, 1.82) is 0 Å². The molecule has 0 spiro atoms. The van der Waals surface area contributed by atoms with Crippen LogP contribution >= 0.6 is 0 Å². The molecule has 0 unspecified atom stereocenters. The van der Waals surface area contributed by atoms with Crippen molar-refractivity contribution in [3.8, 4) is 50.7 Å². The molecule has 0 atom stereocenters. The fourth-order valence-corrected chi connectivity index (χ4v) is 7.66. The highest BCUT2D eigenvalue weighted by Crippen LogP contribution is 2.44. The topological polar surface area (TPSA) is 43.6 Å². The summed E-state index contributed by atoms with van der Waals surface area (Å²) in [6, 6.07) is 59.9. The first-order valence-electron chi connectivity index (χ1n) is 17.2. The van der Waals surface area contributed by atoms with Crippen LogP contribution in [0.1, 0.15) is 0 Å². The average molecular weight is 651 g/mol. The Morgan fingerprint density at radius 1 is 0.353 bits per heavy atom. The molecule has 51 heavy (non-hydrogen) atoms. The number of nitrogens with zero attached hydrogens (tertiary/aromatic N) is 4. The number of fused-ring (bicyclic) bond motifs is 5. The summed E-state index contributed by atoms with van der Waals surface area (Å²) in [6.07, 6.45) is 3.73. The Balaban J connectivity index is 1.20. The molecule has 7 aromatic carbocycles. The molecular formula is C47H30N4. The predicted molar refractivity (Wildman–Crippen MR) is 211 cm³/mol. The molecule has 0 N–H and O–H groups in total. The van der Waals surface area contributed by atoms with Crippen LogP contribution in [0.4, 0.5) is 0 Å². The van der Waals surface area contributed by atoms with Crippen molar-refractivity contribution < 1.29 is 0 Å². The Labute approximate surface area is 295 Å². The van der Waals surface area contributed by atoms with E-state index in [1.165, 1.54) is 38.1 Å². The van der Waals surface area contributed by atoms with Crippen molar-refractivity contribution in [3.63, 3.8) is 0 Å². The number of aromatic nitrogens is 4. The van der Waals surface area contributed by atoms with Crippen LogP contribution in [-0.4, -0.2) is 19.5 Å². The van der Waals surface area contributed by atoms with Gasteiger partial charge in [0.2, 0.25) is 0 Å². The van der Waals surface area contributed by atoms with Crippen LogP contribution in [0.3, 0.4) is 0 Å². The van der Waals surface area contributed by atoms with Gasteiger partial charge in [-0.05, 0) is 75.1 Å². The molecule has 0 aliphatic heterocycles. The van der Waals surface area contributed by atoms with Crippen LogP contribution < -0.4 is 0 Å². The molecule has 0 aliphatic rings. The van der Waals surface area contributed by atoms with Gasteiger partial charge in [-0.25, -0.2) is 9.97 Å². The summed E-state index contributed by atoms with van der Waals surface area (Å²) in [5.41, 5.74) is 10.7. The number of hydrogen-bond donors (Lipinski definition) is 0. The maximum atomic E-state index is 5.30. The van der Waals surface area contributed by atoms with E-state index in [2.05, 4.69) is 161 Å². The zero-order chi connectivity index (χ0) is 33.7. The number of pyridine rings is 1. The third kappa shape index (κ3) is 4.80. The van der Waals surface area contributed by atoms with Gasteiger partial charge in [0, 0.05) is 45.5 Å². The molecule has 0 aliphatic carbocycles. The van der Waals surface area contributed by atoms with Gasteiger partial charge in [0.05, 0.1) is 22.4 Å². The van der Waals surface area contributed by atoms with E-state index in [4.69, 9.17) is 9.97 Å². The lowest BCUT2D eigenvalue weighted by Gasteiger charge is -2.18. The maximum Gasteiger partial charge on any atom is 0.160 e. The molecule has 0 fully saturated rings. The molecule has 0 saturated heterocycles. The zero-order valence-electron chi connectivity index (χ0n) is 27.6. The molecule has 0 saturated carbocycles. The summed E-state index contributed by atoms with van der Waals surface area (Å²) in [6.45, 7) is 0. The standard InChI is InChI=1S/C47H30N4/c1-2-12-33(13-3-1)47-49-41(31-22-24-34(25-23-31)51-43-20-10-8-14-35(43)36-15-9-11-21-44(36)51)30-42(50-47)46-39-18-6-4-16-37(39)45(32-26-28-48-29-27-32)38-17-5-7-19-40(38)46/h1-30H. The van der Waals surface area contributed by atoms with Crippen LogP contribution in [0, 0.1) is 0 Å². The Morgan fingerprint density at radius 3 is 1.43 bits per heavy atom. The van der Waals surface area contributed by atoms with E-state index in [1.54, 1.807) is 0 Å². The lowest BCUT2D eigenvalue weighted by Crippen LogP contribution is -1.98. The highest BCUT2D eigenvalue weighted by Gasteiger charge is 2.20. The number of para-hydroxylation sites is 2. The summed E-state index contributed by atoms with van der Waals surface area (Å²) in [7, 11) is 0. The minimum absolute atomic E-state index is 0.695. The highest BCUT2D eigenvalue weighted by molar-refractivity contribution is 6.21. The lowest BCUT2D eigenvalue weighted by atomic mass is 9.87. The van der Waals surface area contributed by atoms with Crippen molar-refractivity contribution in [2.24, 2.45) is 0 Å². The first-order valence-corrected chi connectivity index (χ1v) is 17.2. The summed E-state index contributed by atoms with van der Waals surface area (Å²) in [5.74, 6) is 0.695. The first-order chi connectivity index (χ1) is 25.3. The molecule has 238 valence electrons. The van der Waals surface area contributed by atoms with Gasteiger partial charge in [-0.2, -0.15) is 0 Å². The molecule has 3 aromatic heterocycles. The summed E-state index contributed by atoms with van der Waals surface area (Å²) in [4.78, 5) is 14.8. The fraction of sp³-hybridized carbons (Fsp3) is 0. The SMILES string of the molecule is c1ccc(-c2nc(-c3ccc(-n4c5ccccc5c5ccccc54)cc3)cc(-c3c4ccccc4c(-c4ccncc4)c4ccccc34)n2)cc1. The fourth-order valence-electron chi connectivity index (χ4n) is 7.66. The molecule has 4 nitrogen and oxygen atoms in total. The van der Waals surface area contributed by atoms with E-state index in [-0.39, 0.29) is 0 Å². The van der Waals surface area contributed by atoms with E-state index in [0.29, 0.717) is 5.82 Å². The second kappa shape index (κ2) is 11.9. The molecule has 3 heterocycles. The van der Waals surface area contributed by atoms with Crippen molar-refractivity contribution in [1.82, 2.24) is 19.5 Å². The predicted octanol–water partition coefficient (Wildman–Crippen LogP) is 11.9. The van der Waals surface area contributed by atoms with Crippen LogP contribution in [0.2, 0.25) is 0 Å². The smallest absolute Gasteiger partial charge is 0.160 e. The van der Waals surface area contributed by atoms with Gasteiger partial charge >= 0.3 is 0 Å². The van der Waals surface area contributed by atoms with Crippen LogP contribution in [0.5, 0.6) is 0 Å². The molecule has 0 amide bonds. The van der Waals surface area contributed by atoms with E-state index in [9.17, 15) is 0 Å². The minimum atomic E-state index is 0.695. The van der Waals surface area contributed by atoms with Crippen molar-refractivity contribution >= 4 is 43.4 Å². The summed E-state index contributed by atoms with van der Waals surface area (Å²) < 4.78 is 2.35. The minimum Gasteiger partial charge on any atom is -0.309 e. The number of hydrogen-bond acceptors (Lipinski definition) is 3. The Morgan fingerprint density at radius 2 is 0.843 bits per heavy atom. The van der Waals surface area contributed by atoms with E-state index in [0.717, 1.165) is 50.1 Å². The second-order valence-electron chi connectivity index (χ2n) is 12.8. The monoisotopic (exact) mass is 650 g/mol. The largest absolute Gasteiger partial charge is 0.309 e. The van der Waals surface area contributed by atoms with Gasteiger partial charge in [-0.3, -0.25) is 4.98 Å². The average Bonchev–Trinajstić information content (AvgIpc) is 3.55. The molecule has 10 aromatic rings. The van der Waals surface area contributed by atoms with Crippen molar-refractivity contribution in [2.75, 3.05) is 0 Å².